The van der Waals surface area contributed by atoms with Gasteiger partial charge in [0.15, 0.2) is 0 Å². The van der Waals surface area contributed by atoms with Crippen molar-refractivity contribution in [3.63, 3.8) is 0 Å². The molecule has 0 radical (unpaired) electrons. The lowest BCUT2D eigenvalue weighted by Gasteiger charge is -2.18. The molecule has 2 N–H and O–H groups in total. The molecule has 1 atom stereocenters. The first-order valence-corrected chi connectivity index (χ1v) is 8.22. The van der Waals surface area contributed by atoms with Gasteiger partial charge in [-0.2, -0.15) is 0 Å². The van der Waals surface area contributed by atoms with Crippen molar-refractivity contribution in [2.75, 3.05) is 20.3 Å². The standard InChI is InChI=1S/C19H24ClNO2/c1-4-23-19-7-5-14(11-17(19)20)10-16(12-21)15-6-8-18(22-3)13(2)9-15/h5-9,11,16H,4,10,12,21H2,1-3H3. The average molecular weight is 334 g/mol. The van der Waals surface area contributed by atoms with Gasteiger partial charge in [0.25, 0.3) is 0 Å². The van der Waals surface area contributed by atoms with Crippen molar-refractivity contribution < 1.29 is 9.47 Å². The van der Waals surface area contributed by atoms with E-state index in [1.807, 2.05) is 32.0 Å². The van der Waals surface area contributed by atoms with Crippen LogP contribution < -0.4 is 15.2 Å². The van der Waals surface area contributed by atoms with Gasteiger partial charge in [-0.05, 0) is 61.7 Å². The highest BCUT2D eigenvalue weighted by Crippen LogP contribution is 2.29. The molecule has 0 saturated heterocycles. The van der Waals surface area contributed by atoms with Crippen LogP contribution in [0.3, 0.4) is 0 Å². The van der Waals surface area contributed by atoms with Gasteiger partial charge in [-0.3, -0.25) is 0 Å². The van der Waals surface area contributed by atoms with Gasteiger partial charge in [0.05, 0.1) is 18.7 Å². The minimum atomic E-state index is 0.244. The van der Waals surface area contributed by atoms with E-state index in [0.717, 1.165) is 29.0 Å². The first-order valence-electron chi connectivity index (χ1n) is 7.84. The van der Waals surface area contributed by atoms with E-state index in [2.05, 4.69) is 18.2 Å². The van der Waals surface area contributed by atoms with Crippen LogP contribution in [-0.4, -0.2) is 20.3 Å². The highest BCUT2D eigenvalue weighted by molar-refractivity contribution is 6.32. The fraction of sp³-hybridized carbons (Fsp3) is 0.368. The Morgan fingerprint density at radius 2 is 1.87 bits per heavy atom. The molecule has 0 spiro atoms. The first kappa shape index (κ1) is 17.6. The Balaban J connectivity index is 2.19. The minimum absolute atomic E-state index is 0.244. The summed E-state index contributed by atoms with van der Waals surface area (Å²) in [7, 11) is 1.68. The SMILES string of the molecule is CCOc1ccc(CC(CN)c2ccc(OC)c(C)c2)cc1Cl. The zero-order valence-corrected chi connectivity index (χ0v) is 14.7. The number of methoxy groups -OCH3 is 1. The zero-order valence-electron chi connectivity index (χ0n) is 13.9. The van der Waals surface area contributed by atoms with E-state index in [1.165, 1.54) is 5.56 Å². The predicted molar refractivity (Wildman–Crippen MR) is 95.9 cm³/mol. The lowest BCUT2D eigenvalue weighted by Crippen LogP contribution is -2.15. The summed E-state index contributed by atoms with van der Waals surface area (Å²) in [5.74, 6) is 1.87. The minimum Gasteiger partial charge on any atom is -0.496 e. The molecule has 0 heterocycles. The van der Waals surface area contributed by atoms with Crippen molar-refractivity contribution in [1.29, 1.82) is 0 Å². The van der Waals surface area contributed by atoms with Gasteiger partial charge in [-0.15, -0.1) is 0 Å². The van der Waals surface area contributed by atoms with Gasteiger partial charge >= 0.3 is 0 Å². The van der Waals surface area contributed by atoms with Gasteiger partial charge in [0.2, 0.25) is 0 Å². The van der Waals surface area contributed by atoms with Crippen molar-refractivity contribution in [3.05, 3.63) is 58.1 Å². The van der Waals surface area contributed by atoms with Crippen LogP contribution in [0.2, 0.25) is 5.02 Å². The lowest BCUT2D eigenvalue weighted by atomic mass is 9.91. The van der Waals surface area contributed by atoms with Crippen molar-refractivity contribution >= 4 is 11.6 Å². The normalized spacial score (nSPS) is 12.0. The Kier molecular flexibility index (Phi) is 6.31. The fourth-order valence-corrected chi connectivity index (χ4v) is 2.98. The Morgan fingerprint density at radius 3 is 2.43 bits per heavy atom. The van der Waals surface area contributed by atoms with Gasteiger partial charge in [0.1, 0.15) is 11.5 Å². The van der Waals surface area contributed by atoms with Crippen LogP contribution in [0.5, 0.6) is 11.5 Å². The molecule has 0 fully saturated rings. The topological polar surface area (TPSA) is 44.5 Å². The molecule has 0 amide bonds. The van der Waals surface area contributed by atoms with E-state index in [9.17, 15) is 0 Å². The van der Waals surface area contributed by atoms with Crippen molar-refractivity contribution in [1.82, 2.24) is 0 Å². The maximum absolute atomic E-state index is 6.27. The summed E-state index contributed by atoms with van der Waals surface area (Å²) >= 11 is 6.27. The Hall–Kier alpha value is -1.71. The highest BCUT2D eigenvalue weighted by atomic mass is 35.5. The summed E-state index contributed by atoms with van der Waals surface area (Å²) in [5.41, 5.74) is 9.49. The molecule has 0 bridgehead atoms. The largest absolute Gasteiger partial charge is 0.496 e. The number of ether oxygens (including phenoxy) is 2. The molecule has 2 aromatic carbocycles. The third-order valence-corrected chi connectivity index (χ3v) is 4.25. The van der Waals surface area contributed by atoms with Gasteiger partial charge in [0, 0.05) is 5.92 Å². The van der Waals surface area contributed by atoms with E-state index >= 15 is 0 Å². The number of benzene rings is 2. The van der Waals surface area contributed by atoms with E-state index in [0.29, 0.717) is 18.2 Å². The van der Waals surface area contributed by atoms with Gasteiger partial charge in [-0.1, -0.05) is 29.8 Å². The molecule has 4 heteroatoms. The molecule has 23 heavy (non-hydrogen) atoms. The molecular weight excluding hydrogens is 310 g/mol. The fourth-order valence-electron chi connectivity index (χ4n) is 2.72. The average Bonchev–Trinajstić information content (AvgIpc) is 2.55. The Labute approximate surface area is 143 Å². The second kappa shape index (κ2) is 8.23. The Bertz CT molecular complexity index is 658. The van der Waals surface area contributed by atoms with Crippen molar-refractivity contribution in [2.24, 2.45) is 5.73 Å². The predicted octanol–water partition coefficient (Wildman–Crippen LogP) is 4.34. The van der Waals surface area contributed by atoms with Crippen molar-refractivity contribution in [2.45, 2.75) is 26.2 Å². The van der Waals surface area contributed by atoms with Gasteiger partial charge in [-0.25, -0.2) is 0 Å². The number of rotatable bonds is 7. The molecule has 124 valence electrons. The monoisotopic (exact) mass is 333 g/mol. The summed E-state index contributed by atoms with van der Waals surface area (Å²) in [5, 5.41) is 0.644. The van der Waals surface area contributed by atoms with E-state index < -0.39 is 0 Å². The maximum atomic E-state index is 6.27. The number of nitrogens with two attached hydrogens (primary N) is 1. The molecule has 3 nitrogen and oxygen atoms in total. The number of hydrogen-bond donors (Lipinski definition) is 1. The first-order chi connectivity index (χ1) is 11.1. The third-order valence-electron chi connectivity index (χ3n) is 3.95. The summed E-state index contributed by atoms with van der Waals surface area (Å²) in [4.78, 5) is 0. The number of aryl methyl sites for hydroxylation is 1. The molecule has 0 aliphatic heterocycles. The van der Waals surface area contributed by atoms with E-state index in [-0.39, 0.29) is 5.92 Å². The molecule has 0 aromatic heterocycles. The molecule has 0 aliphatic carbocycles. The van der Waals surface area contributed by atoms with Gasteiger partial charge < -0.3 is 15.2 Å². The van der Waals surface area contributed by atoms with Crippen LogP contribution in [0.4, 0.5) is 0 Å². The molecule has 2 aromatic rings. The number of halogens is 1. The van der Waals surface area contributed by atoms with E-state index in [1.54, 1.807) is 7.11 Å². The summed E-state index contributed by atoms with van der Waals surface area (Å²) < 4.78 is 10.8. The quantitative estimate of drug-likeness (QED) is 0.819. The van der Waals surface area contributed by atoms with Crippen LogP contribution in [0.25, 0.3) is 0 Å². The van der Waals surface area contributed by atoms with Crippen LogP contribution in [0.15, 0.2) is 36.4 Å². The molecular formula is C19H24ClNO2. The maximum Gasteiger partial charge on any atom is 0.137 e. The van der Waals surface area contributed by atoms with Crippen LogP contribution in [0.1, 0.15) is 29.5 Å². The summed E-state index contributed by atoms with van der Waals surface area (Å²) in [6.45, 7) is 5.18. The van der Waals surface area contributed by atoms with Crippen molar-refractivity contribution in [3.8, 4) is 11.5 Å². The number of hydrogen-bond acceptors (Lipinski definition) is 3. The van der Waals surface area contributed by atoms with Crippen LogP contribution >= 0.6 is 11.6 Å². The second-order valence-corrected chi connectivity index (χ2v) is 5.97. The summed E-state index contributed by atoms with van der Waals surface area (Å²) in [6, 6.07) is 12.2. The zero-order chi connectivity index (χ0) is 16.8. The molecule has 0 aliphatic rings. The Morgan fingerprint density at radius 1 is 1.13 bits per heavy atom. The van der Waals surface area contributed by atoms with Crippen LogP contribution in [-0.2, 0) is 6.42 Å². The summed E-state index contributed by atoms with van der Waals surface area (Å²) in [6.07, 6.45) is 0.842. The van der Waals surface area contributed by atoms with Crippen LogP contribution in [0, 0.1) is 6.92 Å². The highest BCUT2D eigenvalue weighted by Gasteiger charge is 2.13. The smallest absolute Gasteiger partial charge is 0.137 e. The molecule has 0 saturated carbocycles. The second-order valence-electron chi connectivity index (χ2n) is 5.56. The molecule has 1 unspecified atom stereocenters. The lowest BCUT2D eigenvalue weighted by molar-refractivity contribution is 0.340. The third kappa shape index (κ3) is 4.40. The van der Waals surface area contributed by atoms with E-state index in [4.69, 9.17) is 26.8 Å². The molecule has 2 rings (SSSR count).